The number of amides is 1. The van der Waals surface area contributed by atoms with Gasteiger partial charge in [-0.2, -0.15) is 0 Å². The molecule has 0 aliphatic carbocycles. The van der Waals surface area contributed by atoms with Gasteiger partial charge in [-0.05, 0) is 70.6 Å². The number of hydrogen-bond acceptors (Lipinski definition) is 13. The van der Waals surface area contributed by atoms with Crippen molar-refractivity contribution in [1.82, 2.24) is 5.32 Å². The van der Waals surface area contributed by atoms with E-state index >= 15 is 0 Å². The number of aliphatic hydroxyl groups excluding tert-OH is 8. The van der Waals surface area contributed by atoms with E-state index < -0.39 is 86.8 Å². The lowest BCUT2D eigenvalue weighted by Gasteiger charge is -2.46. The maximum Gasteiger partial charge on any atom is 0.220 e. The third kappa shape index (κ3) is 38.1. The molecule has 12 atom stereocenters. The van der Waals surface area contributed by atoms with Gasteiger partial charge in [-0.1, -0.05) is 259 Å². The lowest BCUT2D eigenvalue weighted by molar-refractivity contribution is -0.359. The highest BCUT2D eigenvalue weighted by molar-refractivity contribution is 5.76. The lowest BCUT2D eigenvalue weighted by atomic mass is 9.97. The van der Waals surface area contributed by atoms with Crippen molar-refractivity contribution in [3.05, 3.63) is 85.1 Å². The minimum absolute atomic E-state index is 0.249. The summed E-state index contributed by atoms with van der Waals surface area (Å²) in [4.78, 5) is 13.3. The van der Waals surface area contributed by atoms with E-state index in [4.69, 9.17) is 18.9 Å². The highest BCUT2D eigenvalue weighted by atomic mass is 16.7. The number of carbonyl (C=O) groups is 1. The second-order valence-corrected chi connectivity index (χ2v) is 23.2. The highest BCUT2D eigenvalue weighted by Crippen LogP contribution is 2.30. The zero-order valence-electron chi connectivity index (χ0n) is 51.9. The molecule has 0 bridgehead atoms. The summed E-state index contributed by atoms with van der Waals surface area (Å²) in [7, 11) is 0. The molecular formula is C69H121NO13. The Balaban J connectivity index is 1.73. The van der Waals surface area contributed by atoms with Gasteiger partial charge in [0.05, 0.1) is 32.0 Å². The van der Waals surface area contributed by atoms with Gasteiger partial charge in [0.1, 0.15) is 48.8 Å². The fourth-order valence-electron chi connectivity index (χ4n) is 10.5. The monoisotopic (exact) mass is 1170 g/mol. The molecule has 2 aliphatic rings. The van der Waals surface area contributed by atoms with Gasteiger partial charge in [-0.25, -0.2) is 0 Å². The van der Waals surface area contributed by atoms with Gasteiger partial charge in [-0.15, -0.1) is 0 Å². The number of rotatable bonds is 53. The quantitative estimate of drug-likeness (QED) is 0.0204. The largest absolute Gasteiger partial charge is 0.394 e. The van der Waals surface area contributed by atoms with Crippen LogP contribution in [0.4, 0.5) is 0 Å². The van der Waals surface area contributed by atoms with Crippen molar-refractivity contribution in [2.24, 2.45) is 0 Å². The fraction of sp³-hybridized carbons (Fsp3) is 0.783. The molecule has 14 heteroatoms. The number of allylic oxidation sites excluding steroid dienone is 13. The topological polar surface area (TPSA) is 228 Å². The van der Waals surface area contributed by atoms with Crippen molar-refractivity contribution in [1.29, 1.82) is 0 Å². The molecule has 0 saturated carbocycles. The first kappa shape index (κ1) is 76.3. The normalized spacial score (nSPS) is 24.4. The van der Waals surface area contributed by atoms with E-state index in [1.807, 2.05) is 6.08 Å². The number of aliphatic hydroxyl groups is 8. The molecule has 0 aromatic heterocycles. The molecule has 83 heavy (non-hydrogen) atoms. The average molecular weight is 1170 g/mol. The summed E-state index contributed by atoms with van der Waals surface area (Å²) in [5.74, 6) is -0.249. The van der Waals surface area contributed by atoms with E-state index in [0.29, 0.717) is 6.42 Å². The minimum Gasteiger partial charge on any atom is -0.394 e. The number of ether oxygens (including phenoxy) is 4. The maximum atomic E-state index is 13.3. The Labute approximate surface area is 503 Å². The zero-order chi connectivity index (χ0) is 60.2. The fourth-order valence-corrected chi connectivity index (χ4v) is 10.5. The van der Waals surface area contributed by atoms with Gasteiger partial charge in [0.15, 0.2) is 12.6 Å². The molecule has 1 amide bonds. The zero-order valence-corrected chi connectivity index (χ0v) is 51.9. The van der Waals surface area contributed by atoms with Gasteiger partial charge in [0.25, 0.3) is 0 Å². The molecule has 0 radical (unpaired) electrons. The Kier molecular flexibility index (Phi) is 49.1. The van der Waals surface area contributed by atoms with Crippen LogP contribution in [0, 0.1) is 0 Å². The summed E-state index contributed by atoms with van der Waals surface area (Å²) in [6, 6.07) is -0.926. The van der Waals surface area contributed by atoms with Gasteiger partial charge in [0, 0.05) is 6.42 Å². The smallest absolute Gasteiger partial charge is 0.220 e. The van der Waals surface area contributed by atoms with Gasteiger partial charge >= 0.3 is 0 Å². The molecule has 2 aliphatic heterocycles. The molecule has 9 N–H and O–H groups in total. The molecule has 480 valence electrons. The van der Waals surface area contributed by atoms with Crippen molar-refractivity contribution >= 4 is 5.91 Å². The van der Waals surface area contributed by atoms with Gasteiger partial charge in [0.2, 0.25) is 5.91 Å². The van der Waals surface area contributed by atoms with Crippen LogP contribution in [0.3, 0.4) is 0 Å². The SMILES string of the molecule is CC/C=C\C/C=C\C/C=C\C/C=C\C/C=C\C/C=C\CCCCCCCCCCC(=O)NC(COC1OC(CO)C(OC2OC(CO)C(O)C(O)C2O)C(O)C1O)C(O)/C=C/CCCCCCCCCCCCCCCCCCCCCC. The second kappa shape index (κ2) is 53.4. The van der Waals surface area contributed by atoms with Gasteiger partial charge < -0.3 is 65.1 Å². The van der Waals surface area contributed by atoms with Crippen LogP contribution >= 0.6 is 0 Å². The first-order chi connectivity index (χ1) is 40.6. The summed E-state index contributed by atoms with van der Waals surface area (Å²) in [5.41, 5.74) is 0. The van der Waals surface area contributed by atoms with E-state index in [-0.39, 0.29) is 18.9 Å². The van der Waals surface area contributed by atoms with Gasteiger partial charge in [-0.3, -0.25) is 4.79 Å². The average Bonchev–Trinajstić information content (AvgIpc) is 3.65. The molecule has 2 fully saturated rings. The van der Waals surface area contributed by atoms with Crippen molar-refractivity contribution in [3.63, 3.8) is 0 Å². The minimum atomic E-state index is -1.79. The van der Waals surface area contributed by atoms with Crippen LogP contribution in [-0.4, -0.2) is 140 Å². The van der Waals surface area contributed by atoms with E-state index in [0.717, 1.165) is 89.9 Å². The van der Waals surface area contributed by atoms with Crippen LogP contribution in [0.5, 0.6) is 0 Å². The summed E-state index contributed by atoms with van der Waals surface area (Å²) in [5, 5.41) is 87.4. The summed E-state index contributed by atoms with van der Waals surface area (Å²) >= 11 is 0. The van der Waals surface area contributed by atoms with E-state index in [1.54, 1.807) is 6.08 Å². The van der Waals surface area contributed by atoms with Crippen molar-refractivity contribution in [2.45, 2.75) is 325 Å². The Morgan fingerprint density at radius 1 is 0.446 bits per heavy atom. The summed E-state index contributed by atoms with van der Waals surface area (Å²) in [6.07, 6.45) is 56.1. The Morgan fingerprint density at radius 3 is 1.28 bits per heavy atom. The van der Waals surface area contributed by atoms with Crippen LogP contribution < -0.4 is 5.32 Å². The number of nitrogens with one attached hydrogen (secondary N) is 1. The van der Waals surface area contributed by atoms with E-state index in [9.17, 15) is 45.6 Å². The molecule has 2 rings (SSSR count). The second-order valence-electron chi connectivity index (χ2n) is 23.2. The number of hydrogen-bond donors (Lipinski definition) is 9. The number of carbonyl (C=O) groups excluding carboxylic acids is 1. The predicted molar refractivity (Wildman–Crippen MR) is 336 cm³/mol. The van der Waals surface area contributed by atoms with Crippen LogP contribution in [0.2, 0.25) is 0 Å². The van der Waals surface area contributed by atoms with E-state index in [2.05, 4.69) is 92.1 Å². The predicted octanol–water partition coefficient (Wildman–Crippen LogP) is 12.8. The first-order valence-electron chi connectivity index (χ1n) is 33.3. The van der Waals surface area contributed by atoms with Crippen molar-refractivity contribution in [2.75, 3.05) is 19.8 Å². The lowest BCUT2D eigenvalue weighted by Crippen LogP contribution is -2.65. The first-order valence-corrected chi connectivity index (χ1v) is 33.3. The molecule has 14 nitrogen and oxygen atoms in total. The summed E-state index contributed by atoms with van der Waals surface area (Å²) in [6.45, 7) is 2.70. The highest BCUT2D eigenvalue weighted by Gasteiger charge is 2.51. The Morgan fingerprint density at radius 2 is 0.831 bits per heavy atom. The van der Waals surface area contributed by atoms with E-state index in [1.165, 1.54) is 135 Å². The third-order valence-electron chi connectivity index (χ3n) is 15.8. The Hall–Kier alpha value is -2.83. The molecule has 2 saturated heterocycles. The molecule has 2 heterocycles. The molecule has 0 spiro atoms. The summed E-state index contributed by atoms with van der Waals surface area (Å²) < 4.78 is 22.8. The Bertz CT molecular complexity index is 1710. The molecule has 12 unspecified atom stereocenters. The standard InChI is InChI=1S/C69H121NO13/c1-3-5-7-9-11-13-15-17-19-21-23-25-27-28-29-30-31-33-35-37-39-41-43-45-47-49-51-53-61(74)70-57(56-80-68-66(79)64(77)67(60(55-72)82-68)83-69-65(78)63(76)62(75)59(54-71)81-69)58(73)52-50-48-46-44-42-40-38-36-34-32-26-24-22-20-18-16-14-12-10-8-6-4-2/h5,7,11,13,17,19,23,25,28-29,31,33,50,52,57-60,62-69,71-73,75-79H,3-4,6,8-10,12,14-16,18,20-22,24,26-27,30,32,34-49,51,53-56H2,1-2H3,(H,70,74)/b7-5-,13-11-,19-17-,25-23-,29-28-,33-31-,52-50+. The van der Waals surface area contributed by atoms with Crippen molar-refractivity contribution in [3.8, 4) is 0 Å². The molecule has 0 aromatic rings. The van der Waals surface area contributed by atoms with Crippen molar-refractivity contribution < 1.29 is 64.6 Å². The number of unbranched alkanes of at least 4 members (excludes halogenated alkanes) is 28. The van der Waals surface area contributed by atoms with Crippen LogP contribution in [0.1, 0.15) is 251 Å². The molecular weight excluding hydrogens is 1050 g/mol. The van der Waals surface area contributed by atoms with Crippen LogP contribution in [0.15, 0.2) is 85.1 Å². The third-order valence-corrected chi connectivity index (χ3v) is 15.8. The maximum absolute atomic E-state index is 13.3. The molecule has 0 aromatic carbocycles. The van der Waals surface area contributed by atoms with Crippen LogP contribution in [0.25, 0.3) is 0 Å². The van der Waals surface area contributed by atoms with Crippen LogP contribution in [-0.2, 0) is 23.7 Å².